The molecule has 2 amide bonds. The average Bonchev–Trinajstić information content (AvgIpc) is 2.64. The summed E-state index contributed by atoms with van der Waals surface area (Å²) in [7, 11) is 3.00. The van der Waals surface area contributed by atoms with Gasteiger partial charge in [-0.1, -0.05) is 18.2 Å². The van der Waals surface area contributed by atoms with Crippen LogP contribution in [0.3, 0.4) is 0 Å². The summed E-state index contributed by atoms with van der Waals surface area (Å²) in [4.78, 5) is 25.5. The van der Waals surface area contributed by atoms with Crippen molar-refractivity contribution in [2.75, 3.05) is 25.7 Å². The van der Waals surface area contributed by atoms with Crippen molar-refractivity contribution in [2.24, 2.45) is 0 Å². The highest BCUT2D eigenvalue weighted by Gasteiger charge is 2.18. The molecule has 0 unspecified atom stereocenters. The van der Waals surface area contributed by atoms with Crippen LogP contribution in [-0.2, 0) is 16.1 Å². The van der Waals surface area contributed by atoms with Gasteiger partial charge in [-0.25, -0.2) is 4.39 Å². The van der Waals surface area contributed by atoms with Gasteiger partial charge in [-0.05, 0) is 18.2 Å². The first-order valence-corrected chi connectivity index (χ1v) is 7.96. The Morgan fingerprint density at radius 1 is 1.08 bits per heavy atom. The second-order valence-corrected chi connectivity index (χ2v) is 5.51. The molecule has 0 spiro atoms. The van der Waals surface area contributed by atoms with E-state index in [-0.39, 0.29) is 19.0 Å². The summed E-state index contributed by atoms with van der Waals surface area (Å²) in [6.45, 7) is 1.21. The summed E-state index contributed by atoms with van der Waals surface area (Å²) in [6, 6.07) is 11.1. The second-order valence-electron chi connectivity index (χ2n) is 5.51. The quantitative estimate of drug-likeness (QED) is 0.824. The van der Waals surface area contributed by atoms with E-state index in [9.17, 15) is 14.0 Å². The number of amides is 2. The normalized spacial score (nSPS) is 10.2. The van der Waals surface area contributed by atoms with Crippen molar-refractivity contribution in [2.45, 2.75) is 13.5 Å². The average molecular weight is 360 g/mol. The number of hydrogen-bond acceptors (Lipinski definition) is 4. The molecular weight excluding hydrogens is 339 g/mol. The number of hydrogen-bond donors (Lipinski definition) is 1. The van der Waals surface area contributed by atoms with Crippen molar-refractivity contribution in [3.05, 3.63) is 53.8 Å². The van der Waals surface area contributed by atoms with Crippen LogP contribution < -0.4 is 19.7 Å². The maximum Gasteiger partial charge on any atom is 0.240 e. The minimum absolute atomic E-state index is 0.0448. The Hall–Kier alpha value is -3.09. The van der Waals surface area contributed by atoms with Gasteiger partial charge in [-0.15, -0.1) is 0 Å². The minimum atomic E-state index is -0.404. The number of halogens is 1. The number of carbonyl (C=O) groups excluding carboxylic acids is 2. The molecule has 0 radical (unpaired) electrons. The molecule has 2 aromatic carbocycles. The molecule has 138 valence electrons. The van der Waals surface area contributed by atoms with Crippen LogP contribution in [0.1, 0.15) is 12.5 Å². The molecule has 0 atom stereocenters. The number of nitrogens with zero attached hydrogens (tertiary/aromatic N) is 1. The number of carbonyl (C=O) groups is 2. The molecule has 0 aliphatic rings. The van der Waals surface area contributed by atoms with E-state index in [1.807, 2.05) is 0 Å². The Morgan fingerprint density at radius 3 is 2.38 bits per heavy atom. The lowest BCUT2D eigenvalue weighted by atomic mass is 10.2. The van der Waals surface area contributed by atoms with Crippen LogP contribution in [0.2, 0.25) is 0 Å². The maximum atomic E-state index is 13.6. The van der Waals surface area contributed by atoms with Gasteiger partial charge in [-0.3, -0.25) is 9.59 Å². The largest absolute Gasteiger partial charge is 0.493 e. The van der Waals surface area contributed by atoms with Crippen molar-refractivity contribution in [1.29, 1.82) is 0 Å². The molecule has 2 rings (SSSR count). The van der Waals surface area contributed by atoms with Gasteiger partial charge in [0.1, 0.15) is 12.4 Å². The third kappa shape index (κ3) is 4.72. The van der Waals surface area contributed by atoms with Gasteiger partial charge in [-0.2, -0.15) is 0 Å². The van der Waals surface area contributed by atoms with E-state index in [0.717, 1.165) is 0 Å². The number of anilines is 1. The summed E-state index contributed by atoms with van der Waals surface area (Å²) in [5.74, 6) is -0.139. The maximum absolute atomic E-state index is 13.6. The fraction of sp³-hybridized carbons (Fsp3) is 0.263. The highest BCUT2D eigenvalue weighted by atomic mass is 19.1. The summed E-state index contributed by atoms with van der Waals surface area (Å²) in [5.41, 5.74) is 0.873. The van der Waals surface area contributed by atoms with E-state index in [4.69, 9.17) is 9.47 Å². The van der Waals surface area contributed by atoms with Crippen molar-refractivity contribution in [3.8, 4) is 11.5 Å². The number of nitrogens with one attached hydrogen (secondary N) is 1. The van der Waals surface area contributed by atoms with E-state index in [1.54, 1.807) is 36.4 Å². The number of ether oxygens (including phenoxy) is 2. The molecular formula is C19H21FN2O4. The Bertz CT molecular complexity index is 795. The van der Waals surface area contributed by atoms with Crippen LogP contribution in [0, 0.1) is 5.82 Å². The Kier molecular flexibility index (Phi) is 6.54. The van der Waals surface area contributed by atoms with Crippen LogP contribution >= 0.6 is 0 Å². The van der Waals surface area contributed by atoms with Crippen molar-refractivity contribution in [3.63, 3.8) is 0 Å². The van der Waals surface area contributed by atoms with Gasteiger partial charge in [0, 0.05) is 30.8 Å². The zero-order valence-corrected chi connectivity index (χ0v) is 14.9. The summed E-state index contributed by atoms with van der Waals surface area (Å²) in [6.07, 6.45) is 0. The third-order valence-electron chi connectivity index (χ3n) is 3.79. The smallest absolute Gasteiger partial charge is 0.240 e. The summed E-state index contributed by atoms with van der Waals surface area (Å²) in [5, 5.41) is 2.62. The van der Waals surface area contributed by atoms with Gasteiger partial charge < -0.3 is 19.7 Å². The minimum Gasteiger partial charge on any atom is -0.493 e. The van der Waals surface area contributed by atoms with E-state index < -0.39 is 11.7 Å². The fourth-order valence-electron chi connectivity index (χ4n) is 2.41. The molecule has 0 heterocycles. The van der Waals surface area contributed by atoms with Crippen molar-refractivity contribution >= 4 is 17.5 Å². The summed E-state index contributed by atoms with van der Waals surface area (Å²) < 4.78 is 24.0. The lowest BCUT2D eigenvalue weighted by molar-refractivity contribution is -0.123. The van der Waals surface area contributed by atoms with Crippen LogP contribution in [0.5, 0.6) is 11.5 Å². The standard InChI is InChI=1S/C19H21FN2O4/c1-13(23)22(15-8-9-17(25-2)18(10-15)26-3)12-19(24)21-11-14-6-4-5-7-16(14)20/h4-10H,11-12H2,1-3H3,(H,21,24). The highest BCUT2D eigenvalue weighted by Crippen LogP contribution is 2.31. The molecule has 26 heavy (non-hydrogen) atoms. The summed E-state index contributed by atoms with van der Waals surface area (Å²) >= 11 is 0. The molecule has 6 nitrogen and oxygen atoms in total. The first-order chi connectivity index (χ1) is 12.5. The molecule has 2 aromatic rings. The van der Waals surface area contributed by atoms with Gasteiger partial charge in [0.05, 0.1) is 14.2 Å². The lowest BCUT2D eigenvalue weighted by Gasteiger charge is -2.22. The Morgan fingerprint density at radius 2 is 1.77 bits per heavy atom. The topological polar surface area (TPSA) is 67.9 Å². The lowest BCUT2D eigenvalue weighted by Crippen LogP contribution is -2.39. The molecule has 0 aliphatic heterocycles. The molecule has 0 aromatic heterocycles. The van der Waals surface area contributed by atoms with Gasteiger partial charge in [0.25, 0.3) is 0 Å². The predicted molar refractivity (Wildman–Crippen MR) is 95.8 cm³/mol. The second kappa shape index (κ2) is 8.84. The van der Waals surface area contributed by atoms with Crippen LogP contribution in [0.25, 0.3) is 0 Å². The van der Waals surface area contributed by atoms with Crippen LogP contribution in [0.15, 0.2) is 42.5 Å². The van der Waals surface area contributed by atoms with Gasteiger partial charge in [0.15, 0.2) is 11.5 Å². The number of methoxy groups -OCH3 is 2. The van der Waals surface area contributed by atoms with Crippen LogP contribution in [0.4, 0.5) is 10.1 Å². The molecule has 0 bridgehead atoms. The van der Waals surface area contributed by atoms with E-state index in [2.05, 4.69) is 5.32 Å². The molecule has 0 aliphatic carbocycles. The first kappa shape index (κ1) is 19.2. The van der Waals surface area contributed by atoms with Crippen LogP contribution in [-0.4, -0.2) is 32.6 Å². The van der Waals surface area contributed by atoms with E-state index >= 15 is 0 Å². The van der Waals surface area contributed by atoms with Gasteiger partial charge in [0.2, 0.25) is 11.8 Å². The molecule has 7 heteroatoms. The number of rotatable bonds is 7. The Labute approximate surface area is 151 Å². The molecule has 1 N–H and O–H groups in total. The first-order valence-electron chi connectivity index (χ1n) is 7.96. The number of benzene rings is 2. The van der Waals surface area contributed by atoms with Gasteiger partial charge >= 0.3 is 0 Å². The molecule has 0 fully saturated rings. The SMILES string of the molecule is COc1ccc(N(CC(=O)NCc2ccccc2F)C(C)=O)cc1OC. The predicted octanol–water partition coefficient (Wildman–Crippen LogP) is 2.51. The fourth-order valence-corrected chi connectivity index (χ4v) is 2.41. The van der Waals surface area contributed by atoms with E-state index in [1.165, 1.54) is 32.1 Å². The molecule has 0 saturated heterocycles. The zero-order valence-electron chi connectivity index (χ0n) is 14.9. The monoisotopic (exact) mass is 360 g/mol. The van der Waals surface area contributed by atoms with Crippen molar-refractivity contribution < 1.29 is 23.5 Å². The Balaban J connectivity index is 2.09. The third-order valence-corrected chi connectivity index (χ3v) is 3.79. The zero-order chi connectivity index (χ0) is 19.1. The molecule has 0 saturated carbocycles. The van der Waals surface area contributed by atoms with E-state index in [0.29, 0.717) is 22.7 Å². The van der Waals surface area contributed by atoms with Crippen molar-refractivity contribution in [1.82, 2.24) is 5.32 Å². The highest BCUT2D eigenvalue weighted by molar-refractivity contribution is 5.97.